The third kappa shape index (κ3) is 3.30. The van der Waals surface area contributed by atoms with E-state index in [1.165, 1.54) is 10.4 Å². The average molecular weight is 241 g/mol. The molecule has 2 nitrogen and oxygen atoms in total. The van der Waals surface area contributed by atoms with Gasteiger partial charge in [0.2, 0.25) is 0 Å². The Balaban J connectivity index is 2.73. The Morgan fingerprint density at radius 1 is 1.50 bits per heavy atom. The lowest BCUT2D eigenvalue weighted by molar-refractivity contribution is 0.171. The first-order valence-electron chi connectivity index (χ1n) is 5.97. The van der Waals surface area contributed by atoms with Gasteiger partial charge >= 0.3 is 0 Å². The number of rotatable bonds is 7. The van der Waals surface area contributed by atoms with Crippen LogP contribution in [0, 0.1) is 5.92 Å². The van der Waals surface area contributed by atoms with Crippen LogP contribution < -0.4 is 5.32 Å². The second-order valence-corrected chi connectivity index (χ2v) is 5.14. The van der Waals surface area contributed by atoms with Crippen molar-refractivity contribution in [3.63, 3.8) is 0 Å². The minimum Gasteiger partial charge on any atom is -0.385 e. The highest BCUT2D eigenvalue weighted by Crippen LogP contribution is 2.31. The Labute approximate surface area is 103 Å². The van der Waals surface area contributed by atoms with Crippen LogP contribution in [0.4, 0.5) is 0 Å². The minimum absolute atomic E-state index is 0.463. The molecule has 0 aliphatic heterocycles. The summed E-state index contributed by atoms with van der Waals surface area (Å²) in [6, 6.07) is 2.71. The number of thiophene rings is 1. The highest BCUT2D eigenvalue weighted by atomic mass is 32.1. The van der Waals surface area contributed by atoms with Gasteiger partial charge in [-0.25, -0.2) is 0 Å². The Morgan fingerprint density at radius 3 is 2.81 bits per heavy atom. The molecule has 16 heavy (non-hydrogen) atoms. The van der Waals surface area contributed by atoms with Crippen LogP contribution in [0.5, 0.6) is 0 Å². The summed E-state index contributed by atoms with van der Waals surface area (Å²) >= 11 is 1.87. The highest BCUT2D eigenvalue weighted by Gasteiger charge is 2.20. The SMILES string of the molecule is CCc1ccsc1C(NC)C(C)CCOC. The molecule has 2 atom stereocenters. The summed E-state index contributed by atoms with van der Waals surface area (Å²) in [4.78, 5) is 1.49. The van der Waals surface area contributed by atoms with Gasteiger partial charge in [-0.3, -0.25) is 0 Å². The molecular weight excluding hydrogens is 218 g/mol. The van der Waals surface area contributed by atoms with Gasteiger partial charge in [0.25, 0.3) is 0 Å². The summed E-state index contributed by atoms with van der Waals surface area (Å²) in [5.41, 5.74) is 1.48. The molecule has 1 heterocycles. The van der Waals surface area contributed by atoms with Gasteiger partial charge in [0.05, 0.1) is 0 Å². The fraction of sp³-hybridized carbons (Fsp3) is 0.692. The van der Waals surface area contributed by atoms with E-state index in [1.54, 1.807) is 7.11 Å². The van der Waals surface area contributed by atoms with Crippen LogP contribution in [0.3, 0.4) is 0 Å². The van der Waals surface area contributed by atoms with Crippen molar-refractivity contribution in [1.82, 2.24) is 5.32 Å². The molecule has 0 aliphatic carbocycles. The lowest BCUT2D eigenvalue weighted by Gasteiger charge is -2.23. The molecular formula is C13H23NOS. The highest BCUT2D eigenvalue weighted by molar-refractivity contribution is 7.10. The van der Waals surface area contributed by atoms with E-state index >= 15 is 0 Å². The minimum atomic E-state index is 0.463. The summed E-state index contributed by atoms with van der Waals surface area (Å²) in [5, 5.41) is 5.64. The van der Waals surface area contributed by atoms with Crippen LogP contribution >= 0.6 is 11.3 Å². The lowest BCUT2D eigenvalue weighted by atomic mass is 9.95. The Morgan fingerprint density at radius 2 is 2.25 bits per heavy atom. The van der Waals surface area contributed by atoms with Gasteiger partial charge in [0, 0.05) is 24.6 Å². The van der Waals surface area contributed by atoms with Crippen molar-refractivity contribution in [1.29, 1.82) is 0 Å². The molecule has 2 unspecified atom stereocenters. The summed E-state index contributed by atoms with van der Waals surface area (Å²) < 4.78 is 5.16. The predicted molar refractivity (Wildman–Crippen MR) is 71.2 cm³/mol. The quantitative estimate of drug-likeness (QED) is 0.791. The van der Waals surface area contributed by atoms with E-state index in [0.29, 0.717) is 12.0 Å². The first-order valence-corrected chi connectivity index (χ1v) is 6.85. The molecule has 1 aromatic heterocycles. The average Bonchev–Trinajstić information content (AvgIpc) is 2.75. The normalized spacial score (nSPS) is 15.0. The second-order valence-electron chi connectivity index (χ2n) is 4.19. The van der Waals surface area contributed by atoms with Crippen LogP contribution in [0.1, 0.15) is 36.8 Å². The Kier molecular flexibility index (Phi) is 6.03. The number of nitrogens with one attached hydrogen (secondary N) is 1. The lowest BCUT2D eigenvalue weighted by Crippen LogP contribution is -2.24. The number of ether oxygens (including phenoxy) is 1. The van der Waals surface area contributed by atoms with E-state index in [1.807, 2.05) is 18.4 Å². The van der Waals surface area contributed by atoms with Crippen LogP contribution in [-0.2, 0) is 11.2 Å². The molecule has 0 saturated heterocycles. The van der Waals surface area contributed by atoms with Crippen LogP contribution in [-0.4, -0.2) is 20.8 Å². The van der Waals surface area contributed by atoms with Gasteiger partial charge in [0.1, 0.15) is 0 Å². The van der Waals surface area contributed by atoms with Gasteiger partial charge in [0.15, 0.2) is 0 Å². The van der Waals surface area contributed by atoms with Crippen molar-refractivity contribution >= 4 is 11.3 Å². The summed E-state index contributed by atoms with van der Waals surface area (Å²) in [6.07, 6.45) is 2.22. The number of hydrogen-bond acceptors (Lipinski definition) is 3. The molecule has 0 fully saturated rings. The molecule has 1 rings (SSSR count). The summed E-state index contributed by atoms with van der Waals surface area (Å²) in [5.74, 6) is 0.605. The van der Waals surface area contributed by atoms with Crippen LogP contribution in [0.2, 0.25) is 0 Å². The van der Waals surface area contributed by atoms with E-state index in [9.17, 15) is 0 Å². The Bertz CT molecular complexity index is 298. The monoisotopic (exact) mass is 241 g/mol. The summed E-state index contributed by atoms with van der Waals surface area (Å²) in [6.45, 7) is 5.35. The fourth-order valence-electron chi connectivity index (χ4n) is 2.06. The zero-order valence-electron chi connectivity index (χ0n) is 10.7. The van der Waals surface area contributed by atoms with Crippen molar-refractivity contribution in [2.24, 2.45) is 5.92 Å². The van der Waals surface area contributed by atoms with Crippen LogP contribution in [0.25, 0.3) is 0 Å². The molecule has 3 heteroatoms. The number of hydrogen-bond donors (Lipinski definition) is 1. The molecule has 0 saturated carbocycles. The molecule has 1 N–H and O–H groups in total. The first-order chi connectivity index (χ1) is 7.74. The third-order valence-corrected chi connectivity index (χ3v) is 4.14. The fourth-order valence-corrected chi connectivity index (χ4v) is 3.30. The summed E-state index contributed by atoms with van der Waals surface area (Å²) in [7, 11) is 3.82. The number of methoxy groups -OCH3 is 1. The van der Waals surface area contributed by atoms with Crippen molar-refractivity contribution in [3.8, 4) is 0 Å². The maximum atomic E-state index is 5.16. The van der Waals surface area contributed by atoms with Crippen molar-refractivity contribution < 1.29 is 4.74 Å². The molecule has 1 aromatic rings. The van der Waals surface area contributed by atoms with Gasteiger partial charge in [-0.15, -0.1) is 11.3 Å². The van der Waals surface area contributed by atoms with Gasteiger partial charge in [-0.05, 0) is 42.8 Å². The van der Waals surface area contributed by atoms with Crippen molar-refractivity contribution in [3.05, 3.63) is 21.9 Å². The molecule has 0 aromatic carbocycles. The topological polar surface area (TPSA) is 21.3 Å². The smallest absolute Gasteiger partial charge is 0.0465 e. The maximum absolute atomic E-state index is 5.16. The third-order valence-electron chi connectivity index (χ3n) is 3.10. The zero-order chi connectivity index (χ0) is 12.0. The van der Waals surface area contributed by atoms with E-state index in [-0.39, 0.29) is 0 Å². The number of aryl methyl sites for hydroxylation is 1. The van der Waals surface area contributed by atoms with Gasteiger partial charge in [-0.2, -0.15) is 0 Å². The first kappa shape index (κ1) is 13.7. The second kappa shape index (κ2) is 7.05. The predicted octanol–water partition coefficient (Wildman–Crippen LogP) is 3.24. The van der Waals surface area contributed by atoms with Crippen molar-refractivity contribution in [2.75, 3.05) is 20.8 Å². The van der Waals surface area contributed by atoms with E-state index < -0.39 is 0 Å². The molecule has 0 spiro atoms. The van der Waals surface area contributed by atoms with Gasteiger partial charge in [-0.1, -0.05) is 13.8 Å². The molecule has 0 aliphatic rings. The standard InChI is InChI=1S/C13H23NOS/c1-5-11-7-9-16-13(11)12(14-3)10(2)6-8-15-4/h7,9-10,12,14H,5-6,8H2,1-4H3. The molecule has 0 amide bonds. The largest absolute Gasteiger partial charge is 0.385 e. The van der Waals surface area contributed by atoms with Gasteiger partial charge < -0.3 is 10.1 Å². The van der Waals surface area contributed by atoms with Crippen LogP contribution in [0.15, 0.2) is 11.4 Å². The zero-order valence-corrected chi connectivity index (χ0v) is 11.6. The van der Waals surface area contributed by atoms with E-state index in [2.05, 4.69) is 30.6 Å². The van der Waals surface area contributed by atoms with E-state index in [4.69, 9.17) is 4.74 Å². The molecule has 0 radical (unpaired) electrons. The van der Waals surface area contributed by atoms with Crippen molar-refractivity contribution in [2.45, 2.75) is 32.7 Å². The molecule has 0 bridgehead atoms. The maximum Gasteiger partial charge on any atom is 0.0465 e. The van der Waals surface area contributed by atoms with E-state index in [0.717, 1.165) is 19.4 Å². The molecule has 92 valence electrons. The Hall–Kier alpha value is -0.380.